The van der Waals surface area contributed by atoms with Crippen molar-refractivity contribution in [2.24, 2.45) is 12.5 Å². The van der Waals surface area contributed by atoms with Crippen molar-refractivity contribution in [3.63, 3.8) is 0 Å². The van der Waals surface area contributed by atoms with E-state index in [2.05, 4.69) is 17.6 Å². The Labute approximate surface area is 137 Å². The van der Waals surface area contributed by atoms with Crippen LogP contribution in [0.1, 0.15) is 32.5 Å². The van der Waals surface area contributed by atoms with E-state index in [1.54, 1.807) is 0 Å². The molecule has 1 aromatic heterocycles. The van der Waals surface area contributed by atoms with Crippen molar-refractivity contribution >= 4 is 23.6 Å². The Balaban J connectivity index is 1.52. The number of ether oxygens (including phenoxy) is 1. The van der Waals surface area contributed by atoms with Gasteiger partial charge in [0.2, 0.25) is 0 Å². The molecular weight excluding hydrogens is 291 g/mol. The summed E-state index contributed by atoms with van der Waals surface area (Å²) in [7, 11) is 1.77. The highest BCUT2D eigenvalue weighted by atomic mass is 16.6. The van der Waals surface area contributed by atoms with Gasteiger partial charge in [0.05, 0.1) is 30.4 Å². The molecule has 2 aromatic rings. The van der Waals surface area contributed by atoms with Gasteiger partial charge >= 0.3 is 7.12 Å². The molecule has 0 radical (unpaired) electrons. The van der Waals surface area contributed by atoms with E-state index in [0.717, 1.165) is 28.9 Å². The smallest absolute Gasteiger partial charge is 0.405 e. The number of rotatable bonds is 5. The third-order valence-corrected chi connectivity index (χ3v) is 4.89. The molecule has 1 saturated carbocycles. The highest BCUT2D eigenvalue weighted by Crippen LogP contribution is 2.45. The molecule has 1 aromatic carbocycles. The molecule has 0 bridgehead atoms. The fraction of sp³-hybridized carbons (Fsp3) is 0.588. The monoisotopic (exact) mass is 314 g/mol. The lowest BCUT2D eigenvalue weighted by Gasteiger charge is -2.09. The first-order chi connectivity index (χ1) is 11.0. The van der Waals surface area contributed by atoms with E-state index in [4.69, 9.17) is 19.0 Å². The molecule has 1 atom stereocenters. The van der Waals surface area contributed by atoms with Crippen LogP contribution in [-0.2, 0) is 27.7 Å². The Kier molecular flexibility index (Phi) is 3.71. The van der Waals surface area contributed by atoms with E-state index >= 15 is 0 Å². The first kappa shape index (κ1) is 15.2. The lowest BCUT2D eigenvalue weighted by atomic mass is 9.79. The predicted molar refractivity (Wildman–Crippen MR) is 89.6 cm³/mol. The van der Waals surface area contributed by atoms with E-state index in [9.17, 15) is 0 Å². The summed E-state index contributed by atoms with van der Waals surface area (Å²) in [6.07, 6.45) is 2.70. The summed E-state index contributed by atoms with van der Waals surface area (Å²) < 4.78 is 19.4. The number of benzene rings is 1. The second-order valence-electron chi connectivity index (χ2n) is 7.25. The van der Waals surface area contributed by atoms with Gasteiger partial charge in [0, 0.05) is 7.05 Å². The second-order valence-corrected chi connectivity index (χ2v) is 7.25. The third kappa shape index (κ3) is 3.03. The average Bonchev–Trinajstić information content (AvgIpc) is 2.97. The minimum atomic E-state index is -0.265. The molecule has 1 aliphatic carbocycles. The van der Waals surface area contributed by atoms with Crippen molar-refractivity contribution in [3.8, 4) is 0 Å². The van der Waals surface area contributed by atoms with Crippen molar-refractivity contribution in [2.75, 3.05) is 13.2 Å². The fourth-order valence-electron chi connectivity index (χ4n) is 2.97. The minimum absolute atomic E-state index is 0.148. The van der Waals surface area contributed by atoms with Crippen LogP contribution in [0, 0.1) is 5.41 Å². The van der Waals surface area contributed by atoms with Crippen LogP contribution in [0.3, 0.4) is 0 Å². The normalized spacial score (nSPS) is 22.9. The van der Waals surface area contributed by atoms with Crippen molar-refractivity contribution in [1.82, 2.24) is 9.55 Å². The molecule has 4 rings (SSSR count). The van der Waals surface area contributed by atoms with Gasteiger partial charge in [-0.25, -0.2) is 4.98 Å². The van der Waals surface area contributed by atoms with Crippen molar-refractivity contribution in [2.45, 2.75) is 39.4 Å². The average molecular weight is 314 g/mol. The number of imidazole rings is 1. The largest absolute Gasteiger partial charge is 0.494 e. The van der Waals surface area contributed by atoms with Crippen molar-refractivity contribution in [3.05, 3.63) is 24.0 Å². The molecule has 0 amide bonds. The molecule has 2 aliphatic rings. The third-order valence-electron chi connectivity index (χ3n) is 4.89. The maximum absolute atomic E-state index is 5.87. The number of fused-ring (bicyclic) bond motifs is 1. The number of nitrogens with zero attached hydrogens (tertiary/aromatic N) is 2. The summed E-state index contributed by atoms with van der Waals surface area (Å²) in [5, 5.41) is 0. The van der Waals surface area contributed by atoms with E-state index in [1.807, 2.05) is 26.1 Å². The number of aryl methyl sites for hydroxylation is 1. The Morgan fingerprint density at radius 3 is 2.96 bits per heavy atom. The highest BCUT2D eigenvalue weighted by Gasteiger charge is 2.37. The number of hydrogen-bond donors (Lipinski definition) is 0. The van der Waals surface area contributed by atoms with Gasteiger partial charge in [-0.2, -0.15) is 0 Å². The van der Waals surface area contributed by atoms with Gasteiger partial charge in [-0.1, -0.05) is 13.0 Å². The molecule has 5 nitrogen and oxygen atoms in total. The van der Waals surface area contributed by atoms with E-state index in [1.165, 1.54) is 12.8 Å². The van der Waals surface area contributed by atoms with Crippen LogP contribution in [0.5, 0.6) is 0 Å². The summed E-state index contributed by atoms with van der Waals surface area (Å²) in [5.41, 5.74) is 3.53. The van der Waals surface area contributed by atoms with Crippen LogP contribution < -0.4 is 5.46 Å². The molecule has 1 aliphatic heterocycles. The lowest BCUT2D eigenvalue weighted by Crippen LogP contribution is -2.32. The molecule has 0 spiro atoms. The van der Waals surface area contributed by atoms with Gasteiger partial charge in [-0.15, -0.1) is 0 Å². The maximum atomic E-state index is 5.87. The molecule has 1 saturated heterocycles. The zero-order valence-electron chi connectivity index (χ0n) is 14.0. The zero-order chi connectivity index (χ0) is 16.0. The Morgan fingerprint density at radius 2 is 2.26 bits per heavy atom. The van der Waals surface area contributed by atoms with Crippen LogP contribution in [0.15, 0.2) is 18.2 Å². The molecule has 0 N–H and O–H groups in total. The Morgan fingerprint density at radius 1 is 1.43 bits per heavy atom. The van der Waals surface area contributed by atoms with Gasteiger partial charge < -0.3 is 18.6 Å². The van der Waals surface area contributed by atoms with Crippen LogP contribution in [0.4, 0.5) is 0 Å². The second kappa shape index (κ2) is 5.62. The number of aromatic nitrogens is 2. The SMILES string of the molecule is CC1COB(c2ccc3nc(COCC4(C)CC4)n(C)c3c2)O1. The topological polar surface area (TPSA) is 45.5 Å². The first-order valence-corrected chi connectivity index (χ1v) is 8.34. The highest BCUT2D eigenvalue weighted by molar-refractivity contribution is 6.62. The van der Waals surface area contributed by atoms with Crippen molar-refractivity contribution < 1.29 is 14.0 Å². The van der Waals surface area contributed by atoms with E-state index in [0.29, 0.717) is 18.6 Å². The quantitative estimate of drug-likeness (QED) is 0.792. The van der Waals surface area contributed by atoms with Crippen LogP contribution in [0.2, 0.25) is 0 Å². The van der Waals surface area contributed by atoms with E-state index < -0.39 is 0 Å². The van der Waals surface area contributed by atoms with Gasteiger partial charge in [0.25, 0.3) is 0 Å². The molecule has 23 heavy (non-hydrogen) atoms. The summed E-state index contributed by atoms with van der Waals surface area (Å²) >= 11 is 0. The van der Waals surface area contributed by atoms with Gasteiger partial charge in [-0.3, -0.25) is 0 Å². The summed E-state index contributed by atoms with van der Waals surface area (Å²) in [5.74, 6) is 0.961. The van der Waals surface area contributed by atoms with Crippen LogP contribution >= 0.6 is 0 Å². The molecule has 2 fully saturated rings. The van der Waals surface area contributed by atoms with Crippen LogP contribution in [0.25, 0.3) is 11.0 Å². The number of hydrogen-bond acceptors (Lipinski definition) is 4. The summed E-state index contributed by atoms with van der Waals surface area (Å²) in [6.45, 7) is 6.33. The van der Waals surface area contributed by atoms with Crippen molar-refractivity contribution in [1.29, 1.82) is 0 Å². The Hall–Kier alpha value is -1.37. The molecular formula is C17H23BN2O3. The van der Waals surface area contributed by atoms with Gasteiger partial charge in [0.1, 0.15) is 12.4 Å². The van der Waals surface area contributed by atoms with E-state index in [-0.39, 0.29) is 13.2 Å². The zero-order valence-corrected chi connectivity index (χ0v) is 14.0. The lowest BCUT2D eigenvalue weighted by molar-refractivity contribution is 0.0786. The molecule has 122 valence electrons. The minimum Gasteiger partial charge on any atom is -0.405 e. The Bertz CT molecular complexity index is 726. The first-order valence-electron chi connectivity index (χ1n) is 8.34. The van der Waals surface area contributed by atoms with Crippen LogP contribution in [-0.4, -0.2) is 36.0 Å². The molecule has 6 heteroatoms. The predicted octanol–water partition coefficient (Wildman–Crippen LogP) is 2.02. The standard InChI is InChI=1S/C17H23BN2O3/c1-12-9-22-18(23-12)13-4-5-14-15(8-13)20(3)16(19-14)10-21-11-17(2)6-7-17/h4-5,8,12H,6-7,9-11H2,1-3H3. The molecule has 2 heterocycles. The van der Waals surface area contributed by atoms with Gasteiger partial charge in [-0.05, 0) is 42.8 Å². The fourth-order valence-corrected chi connectivity index (χ4v) is 2.97. The summed E-state index contributed by atoms with van der Waals surface area (Å²) in [4.78, 5) is 4.69. The maximum Gasteiger partial charge on any atom is 0.494 e. The van der Waals surface area contributed by atoms with Gasteiger partial charge in [0.15, 0.2) is 0 Å². The molecule has 1 unspecified atom stereocenters. The summed E-state index contributed by atoms with van der Waals surface area (Å²) in [6, 6.07) is 6.18.